The summed E-state index contributed by atoms with van der Waals surface area (Å²) in [4.78, 5) is 27.9. The van der Waals surface area contributed by atoms with Gasteiger partial charge in [-0.2, -0.15) is 0 Å². The minimum atomic E-state index is -0.753. The number of aliphatic hydroxyl groups excluding tert-OH is 1. The molecular weight excluding hydrogens is 458 g/mol. The zero-order valence-electron chi connectivity index (χ0n) is 22.3. The zero-order valence-corrected chi connectivity index (χ0v) is 22.3. The van der Waals surface area contributed by atoms with Crippen LogP contribution in [0.1, 0.15) is 64.3 Å². The average Bonchev–Trinajstić information content (AvgIpc) is 3.08. The highest BCUT2D eigenvalue weighted by molar-refractivity contribution is 6.46. The molecule has 194 valence electrons. The summed E-state index contributed by atoms with van der Waals surface area (Å²) >= 11 is 0. The van der Waals surface area contributed by atoms with E-state index < -0.39 is 17.7 Å². The van der Waals surface area contributed by atoms with Crippen LogP contribution in [0.15, 0.2) is 48.0 Å². The van der Waals surface area contributed by atoms with E-state index >= 15 is 0 Å². The minimum absolute atomic E-state index is 0.0131. The number of nitrogens with zero attached hydrogens (tertiary/aromatic N) is 1. The minimum Gasteiger partial charge on any atom is -0.507 e. The summed E-state index contributed by atoms with van der Waals surface area (Å²) in [6.45, 7) is 12.9. The van der Waals surface area contributed by atoms with Crippen molar-refractivity contribution in [2.45, 2.75) is 59.1 Å². The number of rotatable bonds is 9. The first kappa shape index (κ1) is 27.3. The van der Waals surface area contributed by atoms with E-state index in [1.807, 2.05) is 59.7 Å². The van der Waals surface area contributed by atoms with Crippen molar-refractivity contribution in [3.05, 3.63) is 64.7 Å². The third-order valence-corrected chi connectivity index (χ3v) is 6.11. The Balaban J connectivity index is 2.14. The number of aliphatic hydroxyl groups is 1. The predicted molar refractivity (Wildman–Crippen MR) is 139 cm³/mol. The Labute approximate surface area is 213 Å². The third-order valence-electron chi connectivity index (χ3n) is 6.11. The van der Waals surface area contributed by atoms with E-state index in [9.17, 15) is 14.7 Å². The van der Waals surface area contributed by atoms with Crippen molar-refractivity contribution in [1.82, 2.24) is 4.90 Å². The lowest BCUT2D eigenvalue weighted by Crippen LogP contribution is -2.33. The van der Waals surface area contributed by atoms with Crippen LogP contribution in [0.3, 0.4) is 0 Å². The molecule has 2 aromatic rings. The van der Waals surface area contributed by atoms with Crippen molar-refractivity contribution in [2.24, 2.45) is 0 Å². The molecule has 1 N–H and O–H groups in total. The molecule has 7 nitrogen and oxygen atoms in total. The Morgan fingerprint density at radius 2 is 1.75 bits per heavy atom. The second kappa shape index (κ2) is 11.2. The largest absolute Gasteiger partial charge is 0.507 e. The van der Waals surface area contributed by atoms with Gasteiger partial charge in [0.25, 0.3) is 11.7 Å². The van der Waals surface area contributed by atoms with Gasteiger partial charge < -0.3 is 24.2 Å². The molecule has 36 heavy (non-hydrogen) atoms. The number of hydrogen-bond donors (Lipinski definition) is 1. The Morgan fingerprint density at radius 1 is 1.08 bits per heavy atom. The van der Waals surface area contributed by atoms with Crippen LogP contribution < -0.4 is 9.47 Å². The summed E-state index contributed by atoms with van der Waals surface area (Å²) in [5, 5.41) is 11.4. The van der Waals surface area contributed by atoms with Gasteiger partial charge in [-0.05, 0) is 62.1 Å². The van der Waals surface area contributed by atoms with Crippen LogP contribution in [-0.4, -0.2) is 54.7 Å². The van der Waals surface area contributed by atoms with Gasteiger partial charge in [0.15, 0.2) is 0 Å². The molecule has 0 bridgehead atoms. The van der Waals surface area contributed by atoms with Crippen LogP contribution in [0.25, 0.3) is 5.76 Å². The Bertz CT molecular complexity index is 1130. The van der Waals surface area contributed by atoms with Crippen LogP contribution in [0, 0.1) is 0 Å². The molecule has 0 saturated carbocycles. The Hall–Kier alpha value is -3.32. The van der Waals surface area contributed by atoms with Crippen LogP contribution in [-0.2, 0) is 19.7 Å². The SMILES string of the molecule is CCOc1ccc(C2/C(=C(/O)c3ccc(OC)c(C(C)(C)C)c3)C(=O)C(=O)N2CCOC(C)C)cc1. The molecule has 7 heteroatoms. The molecule has 0 aromatic heterocycles. The number of hydrogen-bond acceptors (Lipinski definition) is 6. The molecule has 1 atom stereocenters. The van der Waals surface area contributed by atoms with Gasteiger partial charge in [0, 0.05) is 17.7 Å². The monoisotopic (exact) mass is 495 g/mol. The Kier molecular flexibility index (Phi) is 8.46. The molecule has 0 spiro atoms. The predicted octanol–water partition coefficient (Wildman–Crippen LogP) is 5.24. The Morgan fingerprint density at radius 3 is 2.31 bits per heavy atom. The fraction of sp³-hybridized carbons (Fsp3) is 0.448. The molecule has 3 rings (SSSR count). The molecule has 1 aliphatic heterocycles. The maximum Gasteiger partial charge on any atom is 0.295 e. The topological polar surface area (TPSA) is 85.3 Å². The van der Waals surface area contributed by atoms with Gasteiger partial charge in [-0.25, -0.2) is 0 Å². The van der Waals surface area contributed by atoms with E-state index in [0.29, 0.717) is 29.2 Å². The van der Waals surface area contributed by atoms with E-state index in [1.165, 1.54) is 4.90 Å². The van der Waals surface area contributed by atoms with E-state index in [-0.39, 0.29) is 36.0 Å². The standard InChI is InChI=1S/C29H37NO6/c1-8-35-21-12-9-19(10-13-21)25-24(27(32)28(33)30(25)15-16-36-18(2)3)26(31)20-11-14-23(34-7)22(17-20)29(4,5)6/h9-14,17-18,25,31H,8,15-16H2,1-7H3/b26-24-. The average molecular weight is 496 g/mol. The van der Waals surface area contributed by atoms with E-state index in [2.05, 4.69) is 0 Å². The third kappa shape index (κ3) is 5.73. The molecule has 1 amide bonds. The van der Waals surface area contributed by atoms with Crippen LogP contribution >= 0.6 is 0 Å². The normalized spacial score (nSPS) is 17.7. The smallest absolute Gasteiger partial charge is 0.295 e. The summed E-state index contributed by atoms with van der Waals surface area (Å²) in [7, 11) is 1.60. The van der Waals surface area contributed by atoms with Crippen molar-refractivity contribution in [3.63, 3.8) is 0 Å². The van der Waals surface area contributed by atoms with Gasteiger partial charge in [0.05, 0.1) is 38.0 Å². The first-order valence-corrected chi connectivity index (χ1v) is 12.3. The lowest BCUT2D eigenvalue weighted by molar-refractivity contribution is -0.140. The number of benzene rings is 2. The number of ether oxygens (including phenoxy) is 3. The molecule has 1 fully saturated rings. The van der Waals surface area contributed by atoms with E-state index in [1.54, 1.807) is 31.4 Å². The summed E-state index contributed by atoms with van der Waals surface area (Å²) < 4.78 is 16.7. The van der Waals surface area contributed by atoms with E-state index in [4.69, 9.17) is 14.2 Å². The lowest BCUT2D eigenvalue weighted by atomic mass is 9.84. The van der Waals surface area contributed by atoms with Crippen molar-refractivity contribution in [1.29, 1.82) is 0 Å². The second-order valence-corrected chi connectivity index (χ2v) is 10.1. The molecular formula is C29H37NO6. The molecule has 2 aromatic carbocycles. The summed E-state index contributed by atoms with van der Waals surface area (Å²) in [5.41, 5.74) is 1.82. The second-order valence-electron chi connectivity index (χ2n) is 10.1. The number of amides is 1. The van der Waals surface area contributed by atoms with Crippen molar-refractivity contribution < 1.29 is 28.9 Å². The highest BCUT2D eigenvalue weighted by Crippen LogP contribution is 2.41. The molecule has 0 radical (unpaired) electrons. The summed E-state index contributed by atoms with van der Waals surface area (Å²) in [6.07, 6.45) is -0.0131. The van der Waals surface area contributed by atoms with Crippen molar-refractivity contribution >= 4 is 17.4 Å². The van der Waals surface area contributed by atoms with Crippen LogP contribution in [0.5, 0.6) is 11.5 Å². The molecule has 1 heterocycles. The van der Waals surface area contributed by atoms with Crippen molar-refractivity contribution in [3.8, 4) is 11.5 Å². The lowest BCUT2D eigenvalue weighted by Gasteiger charge is -2.26. The quantitative estimate of drug-likeness (QED) is 0.291. The van der Waals surface area contributed by atoms with Gasteiger partial charge in [-0.1, -0.05) is 32.9 Å². The molecule has 0 aliphatic carbocycles. The maximum atomic E-state index is 13.3. The van der Waals surface area contributed by atoms with Gasteiger partial charge >= 0.3 is 0 Å². The molecule has 1 saturated heterocycles. The number of methoxy groups -OCH3 is 1. The summed E-state index contributed by atoms with van der Waals surface area (Å²) in [6, 6.07) is 11.8. The van der Waals surface area contributed by atoms with Crippen molar-refractivity contribution in [2.75, 3.05) is 26.9 Å². The van der Waals surface area contributed by atoms with Crippen LogP contribution in [0.2, 0.25) is 0 Å². The van der Waals surface area contributed by atoms with Gasteiger partial charge in [-0.3, -0.25) is 9.59 Å². The van der Waals surface area contributed by atoms with E-state index in [0.717, 1.165) is 5.56 Å². The van der Waals surface area contributed by atoms with Crippen LogP contribution in [0.4, 0.5) is 0 Å². The fourth-order valence-electron chi connectivity index (χ4n) is 4.35. The van der Waals surface area contributed by atoms with Gasteiger partial charge in [0.2, 0.25) is 0 Å². The number of ketones is 1. The summed E-state index contributed by atoms with van der Waals surface area (Å²) in [5.74, 6) is -0.219. The number of carbonyl (C=O) groups is 2. The molecule has 1 aliphatic rings. The first-order chi connectivity index (χ1) is 17.0. The highest BCUT2D eigenvalue weighted by Gasteiger charge is 2.46. The van der Waals surface area contributed by atoms with Gasteiger partial charge in [-0.15, -0.1) is 0 Å². The maximum absolute atomic E-state index is 13.3. The molecule has 1 unspecified atom stereocenters. The number of carbonyl (C=O) groups excluding carboxylic acids is 2. The number of Topliss-reactive ketones (excluding diaryl/α,β-unsaturated/α-hetero) is 1. The number of likely N-dealkylation sites (tertiary alicyclic amines) is 1. The highest BCUT2D eigenvalue weighted by atomic mass is 16.5. The van der Waals surface area contributed by atoms with Gasteiger partial charge in [0.1, 0.15) is 17.3 Å². The first-order valence-electron chi connectivity index (χ1n) is 12.3. The zero-order chi connectivity index (χ0) is 26.6. The fourth-order valence-corrected chi connectivity index (χ4v) is 4.35.